The molecule has 0 radical (unpaired) electrons. The van der Waals surface area contributed by atoms with Gasteiger partial charge in [-0.15, -0.1) is 0 Å². The molecule has 0 fully saturated rings. The van der Waals surface area contributed by atoms with Crippen molar-refractivity contribution < 1.29 is 19.4 Å². The van der Waals surface area contributed by atoms with Crippen LogP contribution in [0.2, 0.25) is 0 Å². The molecule has 2 aliphatic rings. The number of nitrogens with zero attached hydrogens (tertiary/aromatic N) is 4. The number of hydrazine groups is 1. The molecule has 2 N–H and O–H groups in total. The summed E-state index contributed by atoms with van der Waals surface area (Å²) in [6.45, 7) is 12.9. The number of rotatable bonds is 6. The lowest BCUT2D eigenvalue weighted by atomic mass is 9.86. The highest BCUT2D eigenvalue weighted by molar-refractivity contribution is 6.12. The molecule has 0 aliphatic carbocycles. The molecule has 2 aromatic heterocycles. The number of hydrogen-bond acceptors (Lipinski definition) is 6. The zero-order chi connectivity index (χ0) is 34.1. The standard InChI is InChI=1S/C39H41N5O4/c1-22-8-10-25(11-9-22)34-29-20-32(27-14-15-40-30(19-27)26-12-13-31-28(18-26)21-41-42(31)7)44-17-16-43(24(3)45)35(36(29)44)23(2)33(34)37(38(46)47)48-39(4,5)6/h8-15,18-20,37,41H,16-17,21H2,1-7H3,(H,46,47). The Kier molecular flexibility index (Phi) is 7.64. The van der Waals surface area contributed by atoms with Crippen LogP contribution in [0.1, 0.15) is 56.1 Å². The van der Waals surface area contributed by atoms with Gasteiger partial charge >= 0.3 is 5.97 Å². The van der Waals surface area contributed by atoms with Crippen LogP contribution in [0.3, 0.4) is 0 Å². The Bertz CT molecular complexity index is 2110. The Morgan fingerprint density at radius 3 is 2.38 bits per heavy atom. The highest BCUT2D eigenvalue weighted by atomic mass is 16.5. The fraction of sp³-hybridized carbons (Fsp3) is 0.308. The SMILES string of the molecule is CC(=O)N1CCn2c(-c3ccnc(-c4ccc5c(c4)CNN5C)c3)cc3c(-c4ccc(C)cc4)c(C(OC(C)(C)C)C(=O)O)c(C)c1c32. The van der Waals surface area contributed by atoms with E-state index in [2.05, 4.69) is 40.3 Å². The molecular weight excluding hydrogens is 602 g/mol. The number of ether oxygens (including phenoxy) is 1. The first kappa shape index (κ1) is 31.6. The molecule has 0 bridgehead atoms. The molecule has 9 nitrogen and oxygen atoms in total. The summed E-state index contributed by atoms with van der Waals surface area (Å²) in [5, 5.41) is 13.6. The number of anilines is 2. The first-order valence-corrected chi connectivity index (χ1v) is 16.3. The summed E-state index contributed by atoms with van der Waals surface area (Å²) in [5.74, 6) is -1.17. The van der Waals surface area contributed by atoms with Crippen molar-refractivity contribution in [2.45, 2.75) is 66.3 Å². The number of carbonyl (C=O) groups excluding carboxylic acids is 1. The van der Waals surface area contributed by atoms with Crippen LogP contribution in [0.25, 0.3) is 44.5 Å². The molecule has 7 rings (SSSR count). The van der Waals surface area contributed by atoms with Gasteiger partial charge in [-0.2, -0.15) is 0 Å². The second kappa shape index (κ2) is 11.6. The number of aromatic nitrogens is 2. The van der Waals surface area contributed by atoms with Gasteiger partial charge in [0, 0.05) is 67.6 Å². The Balaban J connectivity index is 1.52. The van der Waals surface area contributed by atoms with Crippen molar-refractivity contribution >= 4 is 34.2 Å². The molecule has 0 spiro atoms. The fourth-order valence-electron chi connectivity index (χ4n) is 7.26. The topological polar surface area (TPSA) is 99.9 Å². The number of fused-ring (bicyclic) bond motifs is 1. The molecule has 3 aromatic carbocycles. The van der Waals surface area contributed by atoms with Crippen molar-refractivity contribution in [2.75, 3.05) is 23.5 Å². The van der Waals surface area contributed by atoms with Crippen molar-refractivity contribution in [3.63, 3.8) is 0 Å². The van der Waals surface area contributed by atoms with Crippen LogP contribution in [-0.2, 0) is 27.4 Å². The average Bonchev–Trinajstić information content (AvgIpc) is 3.62. The lowest BCUT2D eigenvalue weighted by molar-refractivity contribution is -0.160. The van der Waals surface area contributed by atoms with E-state index < -0.39 is 17.7 Å². The maximum atomic E-state index is 13.2. The van der Waals surface area contributed by atoms with Crippen molar-refractivity contribution in [3.05, 3.63) is 89.1 Å². The third-order valence-electron chi connectivity index (χ3n) is 9.41. The highest BCUT2D eigenvalue weighted by Gasteiger charge is 2.37. The Hall–Kier alpha value is -4.99. The van der Waals surface area contributed by atoms with Crippen molar-refractivity contribution in [1.82, 2.24) is 15.0 Å². The molecule has 246 valence electrons. The zero-order valence-corrected chi connectivity index (χ0v) is 28.5. The minimum absolute atomic E-state index is 0.0889. The van der Waals surface area contributed by atoms with Gasteiger partial charge in [-0.3, -0.25) is 9.78 Å². The Morgan fingerprint density at radius 1 is 0.958 bits per heavy atom. The van der Waals surface area contributed by atoms with E-state index in [9.17, 15) is 14.7 Å². The van der Waals surface area contributed by atoms with E-state index in [-0.39, 0.29) is 5.91 Å². The number of amides is 1. The van der Waals surface area contributed by atoms with Crippen LogP contribution in [0.15, 0.2) is 66.9 Å². The van der Waals surface area contributed by atoms with E-state index in [0.29, 0.717) is 18.7 Å². The van der Waals surface area contributed by atoms with Crippen molar-refractivity contribution in [1.29, 1.82) is 0 Å². The first-order valence-electron chi connectivity index (χ1n) is 16.3. The van der Waals surface area contributed by atoms with Crippen LogP contribution in [0.4, 0.5) is 11.4 Å². The molecular formula is C39H41N5O4. The third-order valence-corrected chi connectivity index (χ3v) is 9.41. The highest BCUT2D eigenvalue weighted by Crippen LogP contribution is 2.49. The van der Waals surface area contributed by atoms with Crippen LogP contribution in [0, 0.1) is 13.8 Å². The number of aryl methyl sites for hydroxylation is 1. The smallest absolute Gasteiger partial charge is 0.337 e. The maximum absolute atomic E-state index is 13.2. The first-order chi connectivity index (χ1) is 22.8. The minimum Gasteiger partial charge on any atom is -0.479 e. The van der Waals surface area contributed by atoms with Crippen LogP contribution < -0.4 is 15.3 Å². The van der Waals surface area contributed by atoms with E-state index in [1.54, 1.807) is 11.8 Å². The number of carbonyl (C=O) groups is 2. The largest absolute Gasteiger partial charge is 0.479 e. The van der Waals surface area contributed by atoms with Gasteiger partial charge in [-0.1, -0.05) is 35.9 Å². The third kappa shape index (κ3) is 5.33. The molecule has 1 amide bonds. The van der Waals surface area contributed by atoms with Crippen LogP contribution >= 0.6 is 0 Å². The van der Waals surface area contributed by atoms with Gasteiger partial charge < -0.3 is 24.3 Å². The summed E-state index contributed by atoms with van der Waals surface area (Å²) in [6, 6.07) is 20.9. The number of pyridine rings is 1. The molecule has 0 saturated carbocycles. The number of hydrogen-bond donors (Lipinski definition) is 2. The van der Waals surface area contributed by atoms with Gasteiger partial charge in [0.25, 0.3) is 0 Å². The average molecular weight is 644 g/mol. The molecule has 2 aliphatic heterocycles. The van der Waals surface area contributed by atoms with Crippen LogP contribution in [-0.4, -0.2) is 45.7 Å². The number of carboxylic acids is 1. The lowest BCUT2D eigenvalue weighted by Crippen LogP contribution is -2.37. The summed E-state index contributed by atoms with van der Waals surface area (Å²) in [5.41, 5.74) is 14.6. The number of carboxylic acid groups (broad SMARTS) is 1. The summed E-state index contributed by atoms with van der Waals surface area (Å²) < 4.78 is 8.59. The summed E-state index contributed by atoms with van der Waals surface area (Å²) in [6.07, 6.45) is 0.582. The molecule has 9 heteroatoms. The Morgan fingerprint density at radius 2 is 1.69 bits per heavy atom. The summed E-state index contributed by atoms with van der Waals surface area (Å²) in [4.78, 5) is 32.8. The molecule has 0 saturated heterocycles. The number of benzene rings is 3. The molecule has 4 heterocycles. The van der Waals surface area contributed by atoms with E-state index >= 15 is 0 Å². The zero-order valence-electron chi connectivity index (χ0n) is 28.5. The van der Waals surface area contributed by atoms with E-state index in [1.165, 1.54) is 5.56 Å². The van der Waals surface area contributed by atoms with E-state index in [4.69, 9.17) is 9.72 Å². The van der Waals surface area contributed by atoms with Gasteiger partial charge in [0.05, 0.1) is 28.2 Å². The van der Waals surface area contributed by atoms with Gasteiger partial charge in [0.1, 0.15) is 0 Å². The molecule has 1 atom stereocenters. The van der Waals surface area contributed by atoms with Crippen LogP contribution in [0.5, 0.6) is 0 Å². The second-order valence-corrected chi connectivity index (χ2v) is 13.9. The second-order valence-electron chi connectivity index (χ2n) is 13.9. The molecule has 5 aromatic rings. The number of aliphatic carboxylic acids is 1. The van der Waals surface area contributed by atoms with Gasteiger partial charge in [-0.05, 0) is 87.2 Å². The summed E-state index contributed by atoms with van der Waals surface area (Å²) >= 11 is 0. The van der Waals surface area contributed by atoms with E-state index in [0.717, 1.165) is 73.6 Å². The molecule has 48 heavy (non-hydrogen) atoms. The predicted octanol–water partition coefficient (Wildman–Crippen LogP) is 7.42. The van der Waals surface area contributed by atoms with Gasteiger partial charge in [0.15, 0.2) is 6.10 Å². The maximum Gasteiger partial charge on any atom is 0.337 e. The normalized spacial score (nSPS) is 14.8. The fourth-order valence-corrected chi connectivity index (χ4v) is 7.26. The summed E-state index contributed by atoms with van der Waals surface area (Å²) in [7, 11) is 2.01. The van der Waals surface area contributed by atoms with Gasteiger partial charge in [0.2, 0.25) is 5.91 Å². The number of nitrogens with one attached hydrogen (secondary N) is 1. The Labute approximate surface area is 280 Å². The van der Waals surface area contributed by atoms with Crippen molar-refractivity contribution in [3.8, 4) is 33.6 Å². The quantitative estimate of drug-likeness (QED) is 0.199. The van der Waals surface area contributed by atoms with Crippen molar-refractivity contribution in [2.24, 2.45) is 0 Å². The minimum atomic E-state index is -1.26. The van der Waals surface area contributed by atoms with E-state index in [1.807, 2.05) is 83.2 Å². The monoisotopic (exact) mass is 643 g/mol. The predicted molar refractivity (Wildman–Crippen MR) is 190 cm³/mol. The lowest BCUT2D eigenvalue weighted by Gasteiger charge is -2.34. The van der Waals surface area contributed by atoms with Gasteiger partial charge in [-0.25, -0.2) is 10.2 Å². The molecule has 1 unspecified atom stereocenters.